The Labute approximate surface area is 179 Å². The largest absolute Gasteiger partial charge is 0.493 e. The number of benzene rings is 2. The number of hydrogen-bond acceptors (Lipinski definition) is 5. The van der Waals surface area contributed by atoms with Crippen LogP contribution in [0.2, 0.25) is 5.02 Å². The third-order valence-corrected chi connectivity index (χ3v) is 5.83. The molecule has 5 nitrogen and oxygen atoms in total. The molecule has 152 valence electrons. The second kappa shape index (κ2) is 9.37. The van der Waals surface area contributed by atoms with E-state index in [9.17, 15) is 9.59 Å². The zero-order valence-corrected chi connectivity index (χ0v) is 18.1. The van der Waals surface area contributed by atoms with Gasteiger partial charge in [-0.3, -0.25) is 14.5 Å². The van der Waals surface area contributed by atoms with Crippen molar-refractivity contribution in [3.05, 3.63) is 63.5 Å². The van der Waals surface area contributed by atoms with Crippen molar-refractivity contribution in [2.24, 2.45) is 0 Å². The molecular weight excluding hydrogens is 410 g/mol. The van der Waals surface area contributed by atoms with Crippen molar-refractivity contribution in [1.29, 1.82) is 0 Å². The molecule has 0 bridgehead atoms. The average Bonchev–Trinajstić information content (AvgIpc) is 2.96. The van der Waals surface area contributed by atoms with Crippen LogP contribution in [0.3, 0.4) is 0 Å². The first-order valence-electron chi connectivity index (χ1n) is 9.20. The first-order chi connectivity index (χ1) is 14.0. The predicted molar refractivity (Wildman–Crippen MR) is 116 cm³/mol. The van der Waals surface area contributed by atoms with Crippen molar-refractivity contribution in [1.82, 2.24) is 4.90 Å². The van der Waals surface area contributed by atoms with Crippen LogP contribution in [0, 0.1) is 0 Å². The molecule has 29 heavy (non-hydrogen) atoms. The van der Waals surface area contributed by atoms with Gasteiger partial charge in [-0.25, -0.2) is 0 Å². The number of nitrogens with zero attached hydrogens (tertiary/aromatic N) is 1. The van der Waals surface area contributed by atoms with Gasteiger partial charge in [0.05, 0.1) is 24.7 Å². The molecule has 0 unspecified atom stereocenters. The molecule has 1 aliphatic rings. The quantitative estimate of drug-likeness (QED) is 0.578. The van der Waals surface area contributed by atoms with Gasteiger partial charge in [-0.1, -0.05) is 36.7 Å². The van der Waals surface area contributed by atoms with Crippen molar-refractivity contribution >= 4 is 40.8 Å². The van der Waals surface area contributed by atoms with Crippen LogP contribution in [0.5, 0.6) is 11.5 Å². The van der Waals surface area contributed by atoms with E-state index in [0.29, 0.717) is 44.7 Å². The van der Waals surface area contributed by atoms with Gasteiger partial charge in [0.1, 0.15) is 0 Å². The summed E-state index contributed by atoms with van der Waals surface area (Å²) < 4.78 is 10.6. The lowest BCUT2D eigenvalue weighted by Gasteiger charge is -2.16. The minimum absolute atomic E-state index is 0.243. The smallest absolute Gasteiger partial charge is 0.267 e. The van der Waals surface area contributed by atoms with E-state index < -0.39 is 0 Å². The van der Waals surface area contributed by atoms with E-state index in [4.69, 9.17) is 21.1 Å². The Morgan fingerprint density at radius 2 is 1.66 bits per heavy atom. The second-order valence-corrected chi connectivity index (χ2v) is 8.06. The number of carbonyl (C=O) groups excluding carboxylic acids is 2. The number of hydrogen-bond donors (Lipinski definition) is 0. The van der Waals surface area contributed by atoms with Crippen molar-refractivity contribution < 1.29 is 19.1 Å². The summed E-state index contributed by atoms with van der Waals surface area (Å²) in [6, 6.07) is 12.6. The van der Waals surface area contributed by atoms with Gasteiger partial charge in [0.25, 0.3) is 11.8 Å². The summed E-state index contributed by atoms with van der Waals surface area (Å²) >= 11 is 7.36. The lowest BCUT2D eigenvalue weighted by Crippen LogP contribution is -2.33. The Bertz CT molecular complexity index is 956. The molecule has 3 rings (SSSR count). The van der Waals surface area contributed by atoms with Gasteiger partial charge in [-0.15, -0.1) is 11.8 Å². The van der Waals surface area contributed by atoms with Crippen LogP contribution in [0.15, 0.2) is 47.4 Å². The van der Waals surface area contributed by atoms with Gasteiger partial charge in [0.2, 0.25) is 0 Å². The van der Waals surface area contributed by atoms with E-state index in [2.05, 4.69) is 0 Å². The number of rotatable bonds is 8. The van der Waals surface area contributed by atoms with Crippen molar-refractivity contribution in [3.8, 4) is 11.5 Å². The van der Waals surface area contributed by atoms with E-state index in [1.165, 1.54) is 16.7 Å². The number of halogens is 1. The molecule has 2 aromatic rings. The highest BCUT2D eigenvalue weighted by Gasteiger charge is 2.38. The molecule has 0 N–H and O–H groups in total. The SMILES string of the molecule is CCSC1=C(c2ccc(Cl)cc2)C(=O)N(CCc2ccc(OC)c(OC)c2)C1=O. The van der Waals surface area contributed by atoms with E-state index in [1.807, 2.05) is 25.1 Å². The zero-order valence-electron chi connectivity index (χ0n) is 16.5. The molecule has 7 heteroatoms. The van der Waals surface area contributed by atoms with Crippen LogP contribution >= 0.6 is 23.4 Å². The molecule has 0 radical (unpaired) electrons. The minimum Gasteiger partial charge on any atom is -0.493 e. The zero-order chi connectivity index (χ0) is 21.0. The lowest BCUT2D eigenvalue weighted by molar-refractivity contribution is -0.136. The van der Waals surface area contributed by atoms with Gasteiger partial charge in [0.15, 0.2) is 11.5 Å². The number of imide groups is 1. The Morgan fingerprint density at radius 3 is 2.28 bits per heavy atom. The average molecular weight is 432 g/mol. The van der Waals surface area contributed by atoms with Crippen molar-refractivity contribution in [2.75, 3.05) is 26.5 Å². The van der Waals surface area contributed by atoms with Gasteiger partial charge in [0, 0.05) is 11.6 Å². The standard InChI is InChI=1S/C22H22ClNO4S/c1-4-29-20-19(15-6-8-16(23)9-7-15)21(25)24(22(20)26)12-11-14-5-10-17(27-2)18(13-14)28-3/h5-10,13H,4,11-12H2,1-3H3. The van der Waals surface area contributed by atoms with Crippen molar-refractivity contribution in [3.63, 3.8) is 0 Å². The van der Waals surface area contributed by atoms with Gasteiger partial charge in [-0.05, 0) is 47.6 Å². The van der Waals surface area contributed by atoms with Gasteiger partial charge >= 0.3 is 0 Å². The van der Waals surface area contributed by atoms with Crippen LogP contribution in [0.25, 0.3) is 5.57 Å². The van der Waals surface area contributed by atoms with E-state index in [-0.39, 0.29) is 18.4 Å². The van der Waals surface area contributed by atoms with Gasteiger partial charge in [-0.2, -0.15) is 0 Å². The number of ether oxygens (including phenoxy) is 2. The van der Waals surface area contributed by atoms with Crippen LogP contribution in [-0.4, -0.2) is 43.2 Å². The number of methoxy groups -OCH3 is 2. The molecule has 1 heterocycles. The number of amides is 2. The highest BCUT2D eigenvalue weighted by molar-refractivity contribution is 8.04. The maximum absolute atomic E-state index is 13.1. The molecule has 0 aromatic heterocycles. The summed E-state index contributed by atoms with van der Waals surface area (Å²) in [5.74, 6) is 1.44. The summed E-state index contributed by atoms with van der Waals surface area (Å²) in [5, 5.41) is 0.584. The second-order valence-electron chi connectivity index (χ2n) is 6.35. The fourth-order valence-electron chi connectivity index (χ4n) is 3.18. The van der Waals surface area contributed by atoms with Crippen LogP contribution in [-0.2, 0) is 16.0 Å². The Balaban J connectivity index is 1.82. The third kappa shape index (κ3) is 4.43. The molecule has 0 spiro atoms. The predicted octanol–water partition coefficient (Wildman–Crippen LogP) is 4.43. The Kier molecular flexibility index (Phi) is 6.87. The molecule has 2 aromatic carbocycles. The molecule has 0 saturated heterocycles. The molecule has 1 aliphatic heterocycles. The number of carbonyl (C=O) groups is 2. The normalized spacial score (nSPS) is 14.0. The fraction of sp³-hybridized carbons (Fsp3) is 0.273. The molecule has 0 atom stereocenters. The molecule has 0 fully saturated rings. The first kappa shape index (κ1) is 21.3. The van der Waals surface area contributed by atoms with Crippen LogP contribution in [0.4, 0.5) is 0 Å². The minimum atomic E-state index is -0.270. The fourth-order valence-corrected chi connectivity index (χ4v) is 4.18. The first-order valence-corrected chi connectivity index (χ1v) is 10.6. The Morgan fingerprint density at radius 1 is 0.966 bits per heavy atom. The van der Waals surface area contributed by atoms with Crippen molar-refractivity contribution in [2.45, 2.75) is 13.3 Å². The topological polar surface area (TPSA) is 55.8 Å². The molecule has 0 aliphatic carbocycles. The van der Waals surface area contributed by atoms with E-state index in [1.54, 1.807) is 38.5 Å². The van der Waals surface area contributed by atoms with Gasteiger partial charge < -0.3 is 9.47 Å². The summed E-state index contributed by atoms with van der Waals surface area (Å²) in [7, 11) is 3.15. The molecular formula is C22H22ClNO4S. The molecule has 0 saturated carbocycles. The summed E-state index contributed by atoms with van der Waals surface area (Å²) in [6.45, 7) is 2.25. The summed E-state index contributed by atoms with van der Waals surface area (Å²) in [6.07, 6.45) is 0.524. The van der Waals surface area contributed by atoms with Crippen LogP contribution < -0.4 is 9.47 Å². The highest BCUT2D eigenvalue weighted by atomic mass is 35.5. The lowest BCUT2D eigenvalue weighted by atomic mass is 10.1. The van der Waals surface area contributed by atoms with Crippen LogP contribution in [0.1, 0.15) is 18.1 Å². The molecule has 2 amide bonds. The van der Waals surface area contributed by atoms with E-state index >= 15 is 0 Å². The highest BCUT2D eigenvalue weighted by Crippen LogP contribution is 2.36. The maximum Gasteiger partial charge on any atom is 0.267 e. The monoisotopic (exact) mass is 431 g/mol. The number of thioether (sulfide) groups is 1. The maximum atomic E-state index is 13.1. The summed E-state index contributed by atoms with van der Waals surface area (Å²) in [4.78, 5) is 27.9. The third-order valence-electron chi connectivity index (χ3n) is 4.62. The summed E-state index contributed by atoms with van der Waals surface area (Å²) in [5.41, 5.74) is 2.11. The Hall–Kier alpha value is -2.44. The van der Waals surface area contributed by atoms with E-state index in [0.717, 1.165) is 5.56 Å².